The van der Waals surface area contributed by atoms with E-state index in [9.17, 15) is 4.79 Å². The summed E-state index contributed by atoms with van der Waals surface area (Å²) in [6.07, 6.45) is 1.77. The molecule has 5 heteroatoms. The van der Waals surface area contributed by atoms with Crippen LogP contribution < -0.4 is 5.32 Å². The highest BCUT2D eigenvalue weighted by Crippen LogP contribution is 2.29. The normalized spacial score (nSPS) is 10.3. The highest BCUT2D eigenvalue weighted by atomic mass is 79.9. The number of amides is 1. The van der Waals surface area contributed by atoms with Gasteiger partial charge in [-0.1, -0.05) is 57.6 Å². The molecule has 0 saturated heterocycles. The van der Waals surface area contributed by atoms with Crippen LogP contribution in [-0.4, -0.2) is 10.9 Å². The maximum atomic E-state index is 12.1. The van der Waals surface area contributed by atoms with Crippen LogP contribution in [0.5, 0.6) is 0 Å². The smallest absolute Gasteiger partial charge is 0.257 e. The number of halogens is 1. The molecule has 0 saturated carbocycles. The van der Waals surface area contributed by atoms with Crippen molar-refractivity contribution in [2.45, 2.75) is 0 Å². The molecule has 3 nitrogen and oxygen atoms in total. The van der Waals surface area contributed by atoms with E-state index in [1.807, 2.05) is 42.5 Å². The first-order chi connectivity index (χ1) is 10.2. The van der Waals surface area contributed by atoms with Gasteiger partial charge in [-0.25, -0.2) is 4.98 Å². The molecule has 0 atom stereocenters. The molecule has 1 heterocycles. The number of carbonyl (C=O) groups excluding carboxylic acids is 1. The molecule has 1 N–H and O–H groups in total. The summed E-state index contributed by atoms with van der Waals surface area (Å²) in [6.45, 7) is 0. The lowest BCUT2D eigenvalue weighted by atomic mass is 10.2. The van der Waals surface area contributed by atoms with Gasteiger partial charge in [-0.2, -0.15) is 0 Å². The Morgan fingerprint density at radius 1 is 1.05 bits per heavy atom. The molecule has 3 rings (SSSR count). The van der Waals surface area contributed by atoms with Crippen molar-refractivity contribution in [2.24, 2.45) is 0 Å². The van der Waals surface area contributed by atoms with Gasteiger partial charge in [0.05, 0.1) is 4.88 Å². The molecular weight excluding hydrogens is 348 g/mol. The minimum Gasteiger partial charge on any atom is -0.298 e. The Morgan fingerprint density at radius 2 is 1.76 bits per heavy atom. The first-order valence-corrected chi connectivity index (χ1v) is 7.91. The predicted molar refractivity (Wildman–Crippen MR) is 89.6 cm³/mol. The van der Waals surface area contributed by atoms with Crippen molar-refractivity contribution in [3.05, 3.63) is 70.8 Å². The van der Waals surface area contributed by atoms with Crippen molar-refractivity contribution in [3.8, 4) is 10.4 Å². The summed E-state index contributed by atoms with van der Waals surface area (Å²) in [4.78, 5) is 17.3. The van der Waals surface area contributed by atoms with E-state index in [2.05, 4.69) is 26.2 Å². The van der Waals surface area contributed by atoms with Crippen molar-refractivity contribution in [1.82, 2.24) is 4.98 Å². The van der Waals surface area contributed by atoms with Gasteiger partial charge in [-0.3, -0.25) is 10.1 Å². The minimum absolute atomic E-state index is 0.146. The first-order valence-electron chi connectivity index (χ1n) is 6.30. The van der Waals surface area contributed by atoms with Crippen LogP contribution in [0.15, 0.2) is 65.3 Å². The third-order valence-electron chi connectivity index (χ3n) is 2.89. The lowest BCUT2D eigenvalue weighted by Crippen LogP contribution is -2.11. The zero-order chi connectivity index (χ0) is 14.7. The van der Waals surface area contributed by atoms with Gasteiger partial charge in [0.2, 0.25) is 0 Å². The van der Waals surface area contributed by atoms with Crippen molar-refractivity contribution in [2.75, 3.05) is 5.32 Å². The second-order valence-electron chi connectivity index (χ2n) is 4.36. The third-order valence-corrected chi connectivity index (χ3v) is 4.38. The number of rotatable bonds is 3. The van der Waals surface area contributed by atoms with Crippen LogP contribution in [0, 0.1) is 0 Å². The fourth-order valence-electron chi connectivity index (χ4n) is 1.84. The van der Waals surface area contributed by atoms with E-state index in [0.717, 1.165) is 14.9 Å². The molecule has 104 valence electrons. The van der Waals surface area contributed by atoms with Gasteiger partial charge in [0.1, 0.15) is 0 Å². The monoisotopic (exact) mass is 358 g/mol. The summed E-state index contributed by atoms with van der Waals surface area (Å²) in [5, 5.41) is 3.42. The zero-order valence-electron chi connectivity index (χ0n) is 10.9. The van der Waals surface area contributed by atoms with E-state index in [1.165, 1.54) is 11.3 Å². The van der Waals surface area contributed by atoms with Gasteiger partial charge in [-0.15, -0.1) is 0 Å². The van der Waals surface area contributed by atoms with Crippen molar-refractivity contribution >= 4 is 38.3 Å². The number of hydrogen-bond donors (Lipinski definition) is 1. The topological polar surface area (TPSA) is 42.0 Å². The van der Waals surface area contributed by atoms with Crippen molar-refractivity contribution < 1.29 is 4.79 Å². The Balaban J connectivity index is 1.76. The van der Waals surface area contributed by atoms with E-state index in [0.29, 0.717) is 10.7 Å². The Bertz CT molecular complexity index is 753. The molecule has 0 fully saturated rings. The molecule has 0 unspecified atom stereocenters. The molecule has 2 aromatic carbocycles. The lowest BCUT2D eigenvalue weighted by molar-refractivity contribution is 0.102. The lowest BCUT2D eigenvalue weighted by Gasteiger charge is -2.00. The zero-order valence-corrected chi connectivity index (χ0v) is 13.3. The van der Waals surface area contributed by atoms with Crippen LogP contribution in [-0.2, 0) is 0 Å². The van der Waals surface area contributed by atoms with Crippen LogP contribution >= 0.6 is 27.3 Å². The Labute approximate surface area is 134 Å². The highest BCUT2D eigenvalue weighted by molar-refractivity contribution is 9.10. The van der Waals surface area contributed by atoms with E-state index >= 15 is 0 Å². The molecule has 1 aromatic heterocycles. The van der Waals surface area contributed by atoms with Crippen LogP contribution in [0.3, 0.4) is 0 Å². The summed E-state index contributed by atoms with van der Waals surface area (Å²) in [6, 6.07) is 17.1. The maximum absolute atomic E-state index is 12.1. The molecule has 0 aliphatic heterocycles. The van der Waals surface area contributed by atoms with E-state index in [1.54, 1.807) is 18.3 Å². The number of hydrogen-bond acceptors (Lipinski definition) is 3. The SMILES string of the molecule is O=C(Nc1ncc(-c2ccc(Br)cc2)s1)c1ccccc1. The van der Waals surface area contributed by atoms with Crippen LogP contribution in [0.1, 0.15) is 10.4 Å². The van der Waals surface area contributed by atoms with Gasteiger partial charge < -0.3 is 0 Å². The minimum atomic E-state index is -0.146. The summed E-state index contributed by atoms with van der Waals surface area (Å²) >= 11 is 4.87. The molecule has 0 radical (unpaired) electrons. The van der Waals surface area contributed by atoms with E-state index in [4.69, 9.17) is 0 Å². The highest BCUT2D eigenvalue weighted by Gasteiger charge is 2.09. The van der Waals surface area contributed by atoms with Crippen molar-refractivity contribution in [3.63, 3.8) is 0 Å². The van der Waals surface area contributed by atoms with Gasteiger partial charge in [-0.05, 0) is 29.8 Å². The van der Waals surface area contributed by atoms with Crippen LogP contribution in [0.4, 0.5) is 5.13 Å². The maximum Gasteiger partial charge on any atom is 0.257 e. The molecule has 0 aliphatic rings. The molecule has 1 amide bonds. The quantitative estimate of drug-likeness (QED) is 0.728. The van der Waals surface area contributed by atoms with Gasteiger partial charge >= 0.3 is 0 Å². The Morgan fingerprint density at radius 3 is 2.48 bits per heavy atom. The van der Waals surface area contributed by atoms with E-state index < -0.39 is 0 Å². The third kappa shape index (κ3) is 3.37. The Kier molecular flexibility index (Phi) is 4.13. The number of anilines is 1. The fourth-order valence-corrected chi connectivity index (χ4v) is 2.92. The standard InChI is InChI=1S/C16H11BrN2OS/c17-13-8-6-11(7-9-13)14-10-18-16(21-14)19-15(20)12-4-2-1-3-5-12/h1-10H,(H,18,19,20). The average Bonchev–Trinajstić information content (AvgIpc) is 2.97. The molecule has 21 heavy (non-hydrogen) atoms. The number of aromatic nitrogens is 1. The second kappa shape index (κ2) is 6.20. The van der Waals surface area contributed by atoms with Gasteiger partial charge in [0.25, 0.3) is 5.91 Å². The summed E-state index contributed by atoms with van der Waals surface area (Å²) in [7, 11) is 0. The number of thiazole rings is 1. The van der Waals surface area contributed by atoms with Crippen LogP contribution in [0.2, 0.25) is 0 Å². The summed E-state index contributed by atoms with van der Waals surface area (Å²) < 4.78 is 1.04. The van der Waals surface area contributed by atoms with Gasteiger partial charge in [0.15, 0.2) is 5.13 Å². The molecule has 3 aromatic rings. The predicted octanol–water partition coefficient (Wildman–Crippen LogP) is 4.82. The van der Waals surface area contributed by atoms with Crippen LogP contribution in [0.25, 0.3) is 10.4 Å². The molecule has 0 spiro atoms. The molecule has 0 aliphatic carbocycles. The number of nitrogens with one attached hydrogen (secondary N) is 1. The number of carbonyl (C=O) groups is 1. The van der Waals surface area contributed by atoms with Gasteiger partial charge in [0, 0.05) is 16.2 Å². The molecular formula is C16H11BrN2OS. The second-order valence-corrected chi connectivity index (χ2v) is 6.30. The first kappa shape index (κ1) is 14.0. The van der Waals surface area contributed by atoms with E-state index in [-0.39, 0.29) is 5.91 Å². The Hall–Kier alpha value is -1.98. The number of benzene rings is 2. The van der Waals surface area contributed by atoms with Crippen molar-refractivity contribution in [1.29, 1.82) is 0 Å². The summed E-state index contributed by atoms with van der Waals surface area (Å²) in [5.41, 5.74) is 1.70. The number of nitrogens with zero attached hydrogens (tertiary/aromatic N) is 1. The average molecular weight is 359 g/mol. The fraction of sp³-hybridized carbons (Fsp3) is 0. The molecule has 0 bridgehead atoms. The largest absolute Gasteiger partial charge is 0.298 e. The summed E-state index contributed by atoms with van der Waals surface area (Å²) in [5.74, 6) is -0.146.